The Morgan fingerprint density at radius 1 is 1.00 bits per heavy atom. The highest BCUT2D eigenvalue weighted by Crippen LogP contribution is 2.28. The van der Waals surface area contributed by atoms with Crippen LogP contribution in [-0.2, 0) is 14.8 Å². The van der Waals surface area contributed by atoms with Crippen molar-refractivity contribution in [1.82, 2.24) is 9.29 Å². The summed E-state index contributed by atoms with van der Waals surface area (Å²) in [6.07, 6.45) is 3.21. The lowest BCUT2D eigenvalue weighted by Crippen LogP contribution is -2.27. The Morgan fingerprint density at radius 2 is 1.71 bits per heavy atom. The Hall–Kier alpha value is -3.76. The van der Waals surface area contributed by atoms with E-state index in [4.69, 9.17) is 9.47 Å². The zero-order valence-corrected chi connectivity index (χ0v) is 20.0. The number of Topliss-reactive ketones (excluding diaryl/α,β-unsaturated/α-hetero) is 1. The van der Waals surface area contributed by atoms with Crippen LogP contribution in [-0.4, -0.2) is 56.3 Å². The van der Waals surface area contributed by atoms with Crippen molar-refractivity contribution in [1.29, 1.82) is 0 Å². The quantitative estimate of drug-likeness (QED) is 0.353. The van der Waals surface area contributed by atoms with Gasteiger partial charge in [0.1, 0.15) is 17.1 Å². The lowest BCUT2D eigenvalue weighted by atomic mass is 10.1. The molecule has 1 saturated heterocycles. The SMILES string of the molecule is COc1ccccc1Nc1ncccc1C(=O)OCC(=O)c1ccc(S(=O)(=O)N2CCCC2)cc1. The predicted octanol–water partition coefficient (Wildman–Crippen LogP) is 3.66. The number of benzene rings is 2. The number of methoxy groups -OCH3 is 1. The van der Waals surface area contributed by atoms with Crippen molar-refractivity contribution >= 4 is 33.3 Å². The van der Waals surface area contributed by atoms with E-state index in [1.54, 1.807) is 18.2 Å². The highest BCUT2D eigenvalue weighted by atomic mass is 32.2. The Bertz CT molecular complexity index is 1320. The van der Waals surface area contributed by atoms with E-state index in [2.05, 4.69) is 10.3 Å². The van der Waals surface area contributed by atoms with E-state index < -0.39 is 28.4 Å². The van der Waals surface area contributed by atoms with Crippen LogP contribution < -0.4 is 10.1 Å². The van der Waals surface area contributed by atoms with Gasteiger partial charge in [-0.1, -0.05) is 12.1 Å². The minimum absolute atomic E-state index is 0.135. The lowest BCUT2D eigenvalue weighted by Gasteiger charge is -2.15. The second kappa shape index (κ2) is 10.7. The van der Waals surface area contributed by atoms with Crippen LogP contribution >= 0.6 is 0 Å². The predicted molar refractivity (Wildman–Crippen MR) is 130 cm³/mol. The number of nitrogens with one attached hydrogen (secondary N) is 1. The maximum absolute atomic E-state index is 12.7. The number of carbonyl (C=O) groups excluding carboxylic acids is 2. The van der Waals surface area contributed by atoms with Gasteiger partial charge in [-0.25, -0.2) is 18.2 Å². The van der Waals surface area contributed by atoms with Crippen molar-refractivity contribution in [2.45, 2.75) is 17.7 Å². The molecule has 2 aromatic carbocycles. The smallest absolute Gasteiger partial charge is 0.342 e. The third-order valence-electron chi connectivity index (χ3n) is 5.60. The summed E-state index contributed by atoms with van der Waals surface area (Å²) in [5.74, 6) is -0.350. The molecule has 1 aliphatic rings. The highest BCUT2D eigenvalue weighted by Gasteiger charge is 2.27. The highest BCUT2D eigenvalue weighted by molar-refractivity contribution is 7.89. The fourth-order valence-electron chi connectivity index (χ4n) is 3.73. The number of aromatic nitrogens is 1. The molecule has 35 heavy (non-hydrogen) atoms. The molecule has 10 heteroatoms. The van der Waals surface area contributed by atoms with Gasteiger partial charge in [-0.05, 0) is 61.4 Å². The standard InChI is InChI=1S/C25H25N3O6S/c1-33-23-9-3-2-8-21(23)27-24-20(7-6-14-26-24)25(30)34-17-22(29)18-10-12-19(13-11-18)35(31,32)28-15-4-5-16-28/h2-3,6-14H,4-5,15-17H2,1H3,(H,26,27). The van der Waals surface area contributed by atoms with Gasteiger partial charge < -0.3 is 14.8 Å². The maximum atomic E-state index is 12.7. The van der Waals surface area contributed by atoms with E-state index in [1.165, 1.54) is 47.9 Å². The molecule has 1 fully saturated rings. The summed E-state index contributed by atoms with van der Waals surface area (Å²) in [6, 6.07) is 16.0. The van der Waals surface area contributed by atoms with Crippen molar-refractivity contribution in [2.75, 3.05) is 32.1 Å². The average molecular weight is 496 g/mol. The summed E-state index contributed by atoms with van der Waals surface area (Å²) in [5.41, 5.74) is 1.01. The third kappa shape index (κ3) is 5.50. The van der Waals surface area contributed by atoms with Gasteiger partial charge in [-0.15, -0.1) is 0 Å². The molecule has 0 unspecified atom stereocenters. The number of sulfonamides is 1. The molecule has 0 bridgehead atoms. The van der Waals surface area contributed by atoms with Crippen molar-refractivity contribution in [2.24, 2.45) is 0 Å². The number of nitrogens with zero attached hydrogens (tertiary/aromatic N) is 2. The Morgan fingerprint density at radius 3 is 2.43 bits per heavy atom. The first-order valence-electron chi connectivity index (χ1n) is 11.1. The molecule has 2 heterocycles. The Balaban J connectivity index is 1.41. The lowest BCUT2D eigenvalue weighted by molar-refractivity contribution is 0.0475. The largest absolute Gasteiger partial charge is 0.495 e. The molecule has 0 radical (unpaired) electrons. The molecule has 0 spiro atoms. The van der Waals surface area contributed by atoms with Crippen LogP contribution in [0.1, 0.15) is 33.6 Å². The van der Waals surface area contributed by atoms with Crippen LogP contribution in [0.15, 0.2) is 71.8 Å². The van der Waals surface area contributed by atoms with E-state index in [0.717, 1.165) is 12.8 Å². The summed E-state index contributed by atoms with van der Waals surface area (Å²) in [4.78, 5) is 29.6. The van der Waals surface area contributed by atoms with Gasteiger partial charge >= 0.3 is 5.97 Å². The number of pyridine rings is 1. The summed E-state index contributed by atoms with van der Waals surface area (Å²) in [6.45, 7) is 0.502. The summed E-state index contributed by atoms with van der Waals surface area (Å²) in [7, 11) is -2.03. The molecule has 182 valence electrons. The van der Waals surface area contributed by atoms with Gasteiger partial charge in [0.15, 0.2) is 12.4 Å². The normalized spacial score (nSPS) is 13.9. The first kappa shape index (κ1) is 24.4. The second-order valence-electron chi connectivity index (χ2n) is 7.86. The summed E-state index contributed by atoms with van der Waals surface area (Å²) >= 11 is 0. The molecule has 9 nitrogen and oxygen atoms in total. The van der Waals surface area contributed by atoms with Crippen molar-refractivity contribution in [3.8, 4) is 5.75 Å². The first-order valence-corrected chi connectivity index (χ1v) is 12.5. The number of para-hydroxylation sites is 2. The average Bonchev–Trinajstić information content (AvgIpc) is 3.44. The van der Waals surface area contributed by atoms with Crippen LogP contribution in [0.5, 0.6) is 5.75 Å². The molecule has 0 atom stereocenters. The van der Waals surface area contributed by atoms with Gasteiger partial charge in [-0.2, -0.15) is 4.31 Å². The third-order valence-corrected chi connectivity index (χ3v) is 7.51. The minimum Gasteiger partial charge on any atom is -0.495 e. The van der Waals surface area contributed by atoms with E-state index in [-0.39, 0.29) is 21.8 Å². The van der Waals surface area contributed by atoms with Gasteiger partial charge in [0.05, 0.1) is 17.7 Å². The number of ether oxygens (including phenoxy) is 2. The number of carbonyl (C=O) groups is 2. The van der Waals surface area contributed by atoms with Crippen LogP contribution in [0.4, 0.5) is 11.5 Å². The summed E-state index contributed by atoms with van der Waals surface area (Å²) < 4.78 is 37.3. The summed E-state index contributed by atoms with van der Waals surface area (Å²) in [5, 5.41) is 3.05. The fraction of sp³-hybridized carbons (Fsp3) is 0.240. The molecule has 4 rings (SSSR count). The number of ketones is 1. The number of rotatable bonds is 9. The van der Waals surface area contributed by atoms with Crippen LogP contribution in [0, 0.1) is 0 Å². The Kier molecular flexibility index (Phi) is 7.42. The molecule has 1 aliphatic heterocycles. The zero-order chi connectivity index (χ0) is 24.8. The molecule has 0 amide bonds. The number of hydrogen-bond donors (Lipinski definition) is 1. The Labute approximate surface area is 203 Å². The van der Waals surface area contributed by atoms with Crippen molar-refractivity contribution in [3.05, 3.63) is 78.0 Å². The number of anilines is 2. The molecule has 0 saturated carbocycles. The van der Waals surface area contributed by atoms with E-state index in [0.29, 0.717) is 24.5 Å². The van der Waals surface area contributed by atoms with E-state index >= 15 is 0 Å². The molecule has 1 N–H and O–H groups in total. The fourth-order valence-corrected chi connectivity index (χ4v) is 5.24. The van der Waals surface area contributed by atoms with Crippen molar-refractivity contribution < 1.29 is 27.5 Å². The number of hydrogen-bond acceptors (Lipinski definition) is 8. The second-order valence-corrected chi connectivity index (χ2v) is 9.80. The van der Waals surface area contributed by atoms with Gasteiger partial charge in [0, 0.05) is 24.8 Å². The van der Waals surface area contributed by atoms with E-state index in [1.807, 2.05) is 12.1 Å². The number of esters is 1. The van der Waals surface area contributed by atoms with E-state index in [9.17, 15) is 18.0 Å². The van der Waals surface area contributed by atoms with Crippen molar-refractivity contribution in [3.63, 3.8) is 0 Å². The molecule has 3 aromatic rings. The molecule has 1 aromatic heterocycles. The van der Waals surface area contributed by atoms with Gasteiger partial charge in [-0.3, -0.25) is 4.79 Å². The molecule has 0 aliphatic carbocycles. The minimum atomic E-state index is -3.56. The maximum Gasteiger partial charge on any atom is 0.342 e. The zero-order valence-electron chi connectivity index (χ0n) is 19.1. The van der Waals surface area contributed by atoms with Crippen LogP contribution in [0.3, 0.4) is 0 Å². The van der Waals surface area contributed by atoms with Gasteiger partial charge in [0.2, 0.25) is 10.0 Å². The van der Waals surface area contributed by atoms with Crippen LogP contribution in [0.25, 0.3) is 0 Å². The van der Waals surface area contributed by atoms with Crippen LogP contribution in [0.2, 0.25) is 0 Å². The monoisotopic (exact) mass is 495 g/mol. The first-order chi connectivity index (χ1) is 16.9. The topological polar surface area (TPSA) is 115 Å². The van der Waals surface area contributed by atoms with Gasteiger partial charge in [0.25, 0.3) is 0 Å². The molecular weight excluding hydrogens is 470 g/mol. The molecular formula is C25H25N3O6S.